The fourth-order valence-electron chi connectivity index (χ4n) is 1.67. The molecule has 0 aromatic heterocycles. The minimum atomic E-state index is -0.0391. The summed E-state index contributed by atoms with van der Waals surface area (Å²) in [5.74, 6) is 0.155. The number of amides is 1. The summed E-state index contributed by atoms with van der Waals surface area (Å²) in [4.78, 5) is 10.9. The molecule has 88 valence electrons. The van der Waals surface area contributed by atoms with E-state index in [9.17, 15) is 9.90 Å². The van der Waals surface area contributed by atoms with Gasteiger partial charge in [0, 0.05) is 37.6 Å². The highest BCUT2D eigenvalue weighted by atomic mass is 16.3. The first-order valence-electron chi connectivity index (χ1n) is 5.70. The summed E-state index contributed by atoms with van der Waals surface area (Å²) < 4.78 is 0. The Hall–Kier alpha value is -0.610. The molecule has 0 spiro atoms. The first kappa shape index (κ1) is 12.5. The van der Waals surface area contributed by atoms with Crippen LogP contribution in [0.5, 0.6) is 0 Å². The van der Waals surface area contributed by atoms with Gasteiger partial charge in [-0.25, -0.2) is 0 Å². The van der Waals surface area contributed by atoms with Crippen molar-refractivity contribution in [2.24, 2.45) is 5.41 Å². The molecule has 2 atom stereocenters. The van der Waals surface area contributed by atoms with Crippen molar-refractivity contribution < 1.29 is 9.90 Å². The zero-order valence-electron chi connectivity index (χ0n) is 9.68. The third-order valence-electron chi connectivity index (χ3n) is 3.26. The number of aliphatic hydroxyl groups excluding tert-OH is 1. The molecule has 4 heteroatoms. The van der Waals surface area contributed by atoms with E-state index in [1.807, 2.05) is 0 Å². The lowest BCUT2D eigenvalue weighted by Gasteiger charge is -2.26. The zero-order valence-corrected chi connectivity index (χ0v) is 9.68. The monoisotopic (exact) mass is 214 g/mol. The van der Waals surface area contributed by atoms with E-state index >= 15 is 0 Å². The lowest BCUT2D eigenvalue weighted by molar-refractivity contribution is -0.119. The van der Waals surface area contributed by atoms with Gasteiger partial charge in [-0.3, -0.25) is 4.79 Å². The summed E-state index contributed by atoms with van der Waals surface area (Å²) in [6, 6.07) is 0.275. The first-order valence-corrected chi connectivity index (χ1v) is 5.70. The molecular weight excluding hydrogens is 192 g/mol. The molecule has 2 unspecified atom stereocenters. The predicted octanol–water partition coefficient (Wildman–Crippen LogP) is 0.263. The quantitative estimate of drug-likeness (QED) is 0.594. The van der Waals surface area contributed by atoms with Crippen molar-refractivity contribution >= 4 is 5.91 Å². The SMILES string of the molecule is CCC(C)(CO)CNCC1CCC(=O)N1. The third kappa shape index (κ3) is 3.80. The summed E-state index contributed by atoms with van der Waals surface area (Å²) in [5, 5.41) is 15.4. The molecule has 4 nitrogen and oxygen atoms in total. The Morgan fingerprint density at radius 2 is 2.40 bits per heavy atom. The largest absolute Gasteiger partial charge is 0.396 e. The van der Waals surface area contributed by atoms with Crippen molar-refractivity contribution in [3.63, 3.8) is 0 Å². The van der Waals surface area contributed by atoms with E-state index in [4.69, 9.17) is 0 Å². The van der Waals surface area contributed by atoms with Gasteiger partial charge < -0.3 is 15.7 Å². The van der Waals surface area contributed by atoms with Gasteiger partial charge in [0.1, 0.15) is 0 Å². The van der Waals surface area contributed by atoms with E-state index in [-0.39, 0.29) is 24.0 Å². The molecule has 1 saturated heterocycles. The van der Waals surface area contributed by atoms with E-state index < -0.39 is 0 Å². The number of carbonyl (C=O) groups is 1. The Kier molecular flexibility index (Phi) is 4.54. The van der Waals surface area contributed by atoms with Crippen LogP contribution in [0, 0.1) is 5.41 Å². The fraction of sp³-hybridized carbons (Fsp3) is 0.909. The van der Waals surface area contributed by atoms with Gasteiger partial charge in [0.05, 0.1) is 0 Å². The van der Waals surface area contributed by atoms with E-state index in [0.717, 1.165) is 25.9 Å². The van der Waals surface area contributed by atoms with Gasteiger partial charge in [-0.15, -0.1) is 0 Å². The molecule has 15 heavy (non-hydrogen) atoms. The number of aliphatic hydroxyl groups is 1. The van der Waals surface area contributed by atoms with Crippen molar-refractivity contribution in [1.82, 2.24) is 10.6 Å². The van der Waals surface area contributed by atoms with Gasteiger partial charge in [-0.2, -0.15) is 0 Å². The summed E-state index contributed by atoms with van der Waals surface area (Å²) in [6.45, 7) is 5.95. The van der Waals surface area contributed by atoms with E-state index in [0.29, 0.717) is 6.42 Å². The maximum Gasteiger partial charge on any atom is 0.220 e. The van der Waals surface area contributed by atoms with E-state index in [1.54, 1.807) is 0 Å². The summed E-state index contributed by atoms with van der Waals surface area (Å²) in [6.07, 6.45) is 2.53. The Bertz CT molecular complexity index is 215. The van der Waals surface area contributed by atoms with Gasteiger partial charge in [-0.1, -0.05) is 13.8 Å². The molecule has 3 N–H and O–H groups in total. The van der Waals surface area contributed by atoms with Crippen molar-refractivity contribution in [1.29, 1.82) is 0 Å². The van der Waals surface area contributed by atoms with Crippen LogP contribution < -0.4 is 10.6 Å². The van der Waals surface area contributed by atoms with E-state index in [1.165, 1.54) is 0 Å². The van der Waals surface area contributed by atoms with Crippen molar-refractivity contribution in [3.05, 3.63) is 0 Å². The maximum atomic E-state index is 10.9. The highest BCUT2D eigenvalue weighted by Gasteiger charge is 2.23. The van der Waals surface area contributed by atoms with Crippen LogP contribution in [0.15, 0.2) is 0 Å². The summed E-state index contributed by atoms with van der Waals surface area (Å²) in [7, 11) is 0. The Labute approximate surface area is 91.4 Å². The number of hydrogen-bond acceptors (Lipinski definition) is 3. The molecule has 0 bridgehead atoms. The molecule has 1 aliphatic rings. The number of hydrogen-bond donors (Lipinski definition) is 3. The number of nitrogens with one attached hydrogen (secondary N) is 2. The highest BCUT2D eigenvalue weighted by molar-refractivity contribution is 5.78. The fourth-order valence-corrected chi connectivity index (χ4v) is 1.67. The molecule has 1 fully saturated rings. The second-order valence-electron chi connectivity index (χ2n) is 4.76. The van der Waals surface area contributed by atoms with E-state index in [2.05, 4.69) is 24.5 Å². The standard InChI is InChI=1S/C11H22N2O2/c1-3-11(2,8-14)7-12-6-9-4-5-10(15)13-9/h9,12,14H,3-8H2,1-2H3,(H,13,15). The average Bonchev–Trinajstić information content (AvgIpc) is 2.64. The van der Waals surface area contributed by atoms with Crippen LogP contribution in [-0.4, -0.2) is 36.8 Å². The van der Waals surface area contributed by atoms with Crippen molar-refractivity contribution in [2.45, 2.75) is 39.2 Å². The lowest BCUT2D eigenvalue weighted by atomic mass is 9.88. The molecule has 1 heterocycles. The minimum absolute atomic E-state index is 0.0391. The van der Waals surface area contributed by atoms with Gasteiger partial charge in [-0.05, 0) is 12.8 Å². The van der Waals surface area contributed by atoms with Crippen molar-refractivity contribution in [3.8, 4) is 0 Å². The maximum absolute atomic E-state index is 10.9. The van der Waals surface area contributed by atoms with Gasteiger partial charge in [0.25, 0.3) is 0 Å². The lowest BCUT2D eigenvalue weighted by Crippen LogP contribution is -2.41. The van der Waals surface area contributed by atoms with Crippen LogP contribution in [0.3, 0.4) is 0 Å². The molecule has 1 rings (SSSR count). The van der Waals surface area contributed by atoms with Gasteiger partial charge in [0.2, 0.25) is 5.91 Å². The smallest absolute Gasteiger partial charge is 0.220 e. The Morgan fingerprint density at radius 3 is 2.87 bits per heavy atom. The van der Waals surface area contributed by atoms with Crippen LogP contribution in [-0.2, 0) is 4.79 Å². The molecule has 0 aromatic carbocycles. The van der Waals surface area contributed by atoms with Crippen LogP contribution >= 0.6 is 0 Å². The third-order valence-corrected chi connectivity index (χ3v) is 3.26. The second kappa shape index (κ2) is 5.47. The van der Waals surface area contributed by atoms with Crippen LogP contribution in [0.1, 0.15) is 33.1 Å². The molecule has 0 radical (unpaired) electrons. The number of carbonyl (C=O) groups excluding carboxylic acids is 1. The van der Waals surface area contributed by atoms with Crippen LogP contribution in [0.4, 0.5) is 0 Å². The first-order chi connectivity index (χ1) is 7.09. The van der Waals surface area contributed by atoms with Gasteiger partial charge in [0.15, 0.2) is 0 Å². The molecule has 1 aliphatic heterocycles. The van der Waals surface area contributed by atoms with Crippen molar-refractivity contribution in [2.75, 3.05) is 19.7 Å². The Balaban J connectivity index is 2.18. The highest BCUT2D eigenvalue weighted by Crippen LogP contribution is 2.18. The minimum Gasteiger partial charge on any atom is -0.396 e. The number of rotatable bonds is 6. The van der Waals surface area contributed by atoms with Crippen LogP contribution in [0.25, 0.3) is 0 Å². The van der Waals surface area contributed by atoms with Gasteiger partial charge >= 0.3 is 0 Å². The molecular formula is C11H22N2O2. The van der Waals surface area contributed by atoms with Crippen LogP contribution in [0.2, 0.25) is 0 Å². The normalized spacial score (nSPS) is 25.0. The Morgan fingerprint density at radius 1 is 1.67 bits per heavy atom. The predicted molar refractivity (Wildman–Crippen MR) is 59.5 cm³/mol. The second-order valence-corrected chi connectivity index (χ2v) is 4.76. The zero-order chi connectivity index (χ0) is 11.3. The molecule has 0 aromatic rings. The molecule has 0 aliphatic carbocycles. The molecule has 0 saturated carbocycles. The average molecular weight is 214 g/mol. The molecule has 1 amide bonds. The topological polar surface area (TPSA) is 61.4 Å². The summed E-state index contributed by atoms with van der Waals surface area (Å²) in [5.41, 5.74) is -0.0391. The summed E-state index contributed by atoms with van der Waals surface area (Å²) >= 11 is 0.